The molecule has 1 saturated carbocycles. The van der Waals surface area contributed by atoms with Gasteiger partial charge in [0.2, 0.25) is 0 Å². The predicted octanol–water partition coefficient (Wildman–Crippen LogP) is 2.97. The SMILES string of the molecule is OC(COCc1ccccc1F)CN1CCCC1C1CCC1. The zero-order chi connectivity index (χ0) is 15.4. The minimum atomic E-state index is -0.493. The van der Waals surface area contributed by atoms with E-state index in [1.165, 1.54) is 38.2 Å². The maximum absolute atomic E-state index is 13.5. The van der Waals surface area contributed by atoms with Crippen LogP contribution in [0.1, 0.15) is 37.7 Å². The van der Waals surface area contributed by atoms with Gasteiger partial charge in [-0.05, 0) is 44.2 Å². The van der Waals surface area contributed by atoms with Crippen LogP contribution in [0.4, 0.5) is 4.39 Å². The van der Waals surface area contributed by atoms with Crippen LogP contribution in [-0.2, 0) is 11.3 Å². The molecule has 0 spiro atoms. The minimum Gasteiger partial charge on any atom is -0.389 e. The minimum absolute atomic E-state index is 0.218. The maximum Gasteiger partial charge on any atom is 0.128 e. The number of aliphatic hydroxyl groups is 1. The van der Waals surface area contributed by atoms with Crippen LogP contribution in [0.5, 0.6) is 0 Å². The Morgan fingerprint density at radius 1 is 1.23 bits per heavy atom. The molecule has 3 rings (SSSR count). The van der Waals surface area contributed by atoms with Gasteiger partial charge >= 0.3 is 0 Å². The molecule has 4 heteroatoms. The van der Waals surface area contributed by atoms with Crippen molar-refractivity contribution >= 4 is 0 Å². The zero-order valence-corrected chi connectivity index (χ0v) is 13.1. The predicted molar refractivity (Wildman–Crippen MR) is 84.0 cm³/mol. The Bertz CT molecular complexity index is 478. The van der Waals surface area contributed by atoms with Gasteiger partial charge in [0, 0.05) is 18.2 Å². The highest BCUT2D eigenvalue weighted by molar-refractivity contribution is 5.16. The number of halogens is 1. The van der Waals surface area contributed by atoms with Crippen LogP contribution in [0.3, 0.4) is 0 Å². The monoisotopic (exact) mass is 307 g/mol. The Balaban J connectivity index is 1.40. The van der Waals surface area contributed by atoms with Crippen molar-refractivity contribution in [3.05, 3.63) is 35.6 Å². The van der Waals surface area contributed by atoms with E-state index >= 15 is 0 Å². The van der Waals surface area contributed by atoms with Gasteiger partial charge in [-0.2, -0.15) is 0 Å². The molecule has 0 bridgehead atoms. The lowest BCUT2D eigenvalue weighted by atomic mass is 9.79. The first-order valence-corrected chi connectivity index (χ1v) is 8.47. The van der Waals surface area contributed by atoms with E-state index in [0.717, 1.165) is 12.5 Å². The van der Waals surface area contributed by atoms with Crippen LogP contribution < -0.4 is 0 Å². The molecule has 122 valence electrons. The van der Waals surface area contributed by atoms with E-state index in [4.69, 9.17) is 4.74 Å². The van der Waals surface area contributed by atoms with Gasteiger partial charge < -0.3 is 9.84 Å². The Morgan fingerprint density at radius 2 is 2.05 bits per heavy atom. The fourth-order valence-corrected chi connectivity index (χ4v) is 3.68. The number of benzene rings is 1. The fourth-order valence-electron chi connectivity index (χ4n) is 3.68. The molecule has 1 heterocycles. The molecule has 1 aromatic carbocycles. The van der Waals surface area contributed by atoms with Crippen molar-refractivity contribution in [2.45, 2.75) is 50.9 Å². The molecule has 1 aliphatic carbocycles. The largest absolute Gasteiger partial charge is 0.389 e. The van der Waals surface area contributed by atoms with E-state index in [9.17, 15) is 9.50 Å². The summed E-state index contributed by atoms with van der Waals surface area (Å²) in [6, 6.07) is 7.28. The quantitative estimate of drug-likeness (QED) is 0.840. The van der Waals surface area contributed by atoms with Crippen LogP contribution in [0.25, 0.3) is 0 Å². The first kappa shape index (κ1) is 15.9. The highest BCUT2D eigenvalue weighted by atomic mass is 19.1. The Kier molecular flexibility index (Phi) is 5.45. The molecule has 0 aromatic heterocycles. The van der Waals surface area contributed by atoms with E-state index < -0.39 is 6.10 Å². The molecule has 2 fully saturated rings. The van der Waals surface area contributed by atoms with E-state index in [1.54, 1.807) is 18.2 Å². The average molecular weight is 307 g/mol. The molecule has 2 atom stereocenters. The summed E-state index contributed by atoms with van der Waals surface area (Å²) in [6.45, 7) is 2.25. The van der Waals surface area contributed by atoms with Crippen molar-refractivity contribution in [3.63, 3.8) is 0 Å². The highest BCUT2D eigenvalue weighted by Crippen LogP contribution is 2.37. The molecule has 1 aliphatic heterocycles. The molecule has 0 radical (unpaired) electrons. The van der Waals surface area contributed by atoms with Gasteiger partial charge in [0.1, 0.15) is 5.82 Å². The summed E-state index contributed by atoms with van der Waals surface area (Å²) in [5.74, 6) is 0.593. The van der Waals surface area contributed by atoms with Crippen molar-refractivity contribution in [2.24, 2.45) is 5.92 Å². The summed E-state index contributed by atoms with van der Waals surface area (Å²) in [4.78, 5) is 2.43. The van der Waals surface area contributed by atoms with Crippen molar-refractivity contribution in [3.8, 4) is 0 Å². The highest BCUT2D eigenvalue weighted by Gasteiger charge is 2.35. The normalized spacial score (nSPS) is 24.4. The van der Waals surface area contributed by atoms with Gasteiger partial charge in [0.15, 0.2) is 0 Å². The molecule has 0 amide bonds. The molecule has 3 nitrogen and oxygen atoms in total. The summed E-state index contributed by atoms with van der Waals surface area (Å²) in [6.07, 6.45) is 6.08. The maximum atomic E-state index is 13.5. The number of nitrogens with zero attached hydrogens (tertiary/aromatic N) is 1. The number of hydrogen-bond donors (Lipinski definition) is 1. The third-order valence-corrected chi connectivity index (χ3v) is 5.08. The first-order valence-electron chi connectivity index (χ1n) is 8.47. The van der Waals surface area contributed by atoms with Gasteiger partial charge in [0.25, 0.3) is 0 Å². The number of β-amino-alcohol motifs (C(OH)–C–C–N with tert-alkyl or cyclic N) is 1. The van der Waals surface area contributed by atoms with Crippen LogP contribution >= 0.6 is 0 Å². The topological polar surface area (TPSA) is 32.7 Å². The van der Waals surface area contributed by atoms with Gasteiger partial charge in [-0.25, -0.2) is 4.39 Å². The summed E-state index contributed by atoms with van der Waals surface area (Å²) in [5, 5.41) is 10.2. The molecular formula is C18H26FNO2. The van der Waals surface area contributed by atoms with Crippen LogP contribution in [0.15, 0.2) is 24.3 Å². The smallest absolute Gasteiger partial charge is 0.128 e. The Hall–Kier alpha value is -0.970. The Morgan fingerprint density at radius 3 is 2.77 bits per heavy atom. The molecule has 22 heavy (non-hydrogen) atoms. The summed E-state index contributed by atoms with van der Waals surface area (Å²) in [5.41, 5.74) is 0.545. The number of likely N-dealkylation sites (tertiary alicyclic amines) is 1. The lowest BCUT2D eigenvalue weighted by molar-refractivity contribution is -0.000750. The number of hydrogen-bond acceptors (Lipinski definition) is 3. The molecule has 1 saturated heterocycles. The first-order chi connectivity index (χ1) is 10.7. The van der Waals surface area contributed by atoms with Crippen molar-refractivity contribution in [1.82, 2.24) is 4.90 Å². The number of aliphatic hydroxyl groups excluding tert-OH is 1. The summed E-state index contributed by atoms with van der Waals surface area (Å²) in [7, 11) is 0. The second-order valence-corrected chi connectivity index (χ2v) is 6.66. The lowest BCUT2D eigenvalue weighted by Gasteiger charge is -2.37. The fraction of sp³-hybridized carbons (Fsp3) is 0.667. The van der Waals surface area contributed by atoms with E-state index in [-0.39, 0.29) is 19.0 Å². The third kappa shape index (κ3) is 3.86. The zero-order valence-electron chi connectivity index (χ0n) is 13.1. The van der Waals surface area contributed by atoms with E-state index in [0.29, 0.717) is 18.2 Å². The molecule has 1 aromatic rings. The van der Waals surface area contributed by atoms with Crippen molar-refractivity contribution in [2.75, 3.05) is 19.7 Å². The van der Waals surface area contributed by atoms with Crippen molar-refractivity contribution in [1.29, 1.82) is 0 Å². The number of ether oxygens (including phenoxy) is 1. The molecular weight excluding hydrogens is 281 g/mol. The number of rotatable bonds is 7. The van der Waals surface area contributed by atoms with Gasteiger partial charge in [0.05, 0.1) is 19.3 Å². The standard InChI is InChI=1S/C18H26FNO2/c19-17-8-2-1-5-15(17)12-22-13-16(21)11-20-10-4-9-18(20)14-6-3-7-14/h1-2,5,8,14,16,18,21H,3-4,6-7,9-13H2. The van der Waals surface area contributed by atoms with Gasteiger partial charge in [-0.15, -0.1) is 0 Å². The molecule has 2 unspecified atom stereocenters. The van der Waals surface area contributed by atoms with E-state index in [1.807, 2.05) is 0 Å². The lowest BCUT2D eigenvalue weighted by Crippen LogP contribution is -2.43. The van der Waals surface area contributed by atoms with Crippen molar-refractivity contribution < 1.29 is 14.2 Å². The second-order valence-electron chi connectivity index (χ2n) is 6.66. The molecule has 2 aliphatic rings. The molecule has 1 N–H and O–H groups in total. The van der Waals surface area contributed by atoms with E-state index in [2.05, 4.69) is 4.90 Å². The van der Waals surface area contributed by atoms with Gasteiger partial charge in [-0.1, -0.05) is 24.6 Å². The van der Waals surface area contributed by atoms with Crippen LogP contribution in [0.2, 0.25) is 0 Å². The van der Waals surface area contributed by atoms with Gasteiger partial charge in [-0.3, -0.25) is 4.90 Å². The third-order valence-electron chi connectivity index (χ3n) is 5.08. The Labute approximate surface area is 132 Å². The summed E-state index contributed by atoms with van der Waals surface area (Å²) < 4.78 is 19.0. The average Bonchev–Trinajstić information content (AvgIpc) is 2.87. The second kappa shape index (κ2) is 7.53. The van der Waals surface area contributed by atoms with Crippen LogP contribution in [-0.4, -0.2) is 41.8 Å². The summed E-state index contributed by atoms with van der Waals surface area (Å²) >= 11 is 0. The van der Waals surface area contributed by atoms with Crippen LogP contribution in [0, 0.1) is 11.7 Å².